The number of hydrogen-bond donors (Lipinski definition) is 0. The molecule has 1 fully saturated rings. The largest absolute Gasteiger partial charge is 0.340 e. The fourth-order valence-corrected chi connectivity index (χ4v) is 4.32. The second-order valence-electron chi connectivity index (χ2n) is 7.13. The first-order chi connectivity index (χ1) is 14.3. The fraction of sp³-hybridized carbons (Fsp3) is 0.174. The summed E-state index contributed by atoms with van der Waals surface area (Å²) < 4.78 is 5.46. The summed E-state index contributed by atoms with van der Waals surface area (Å²) in [6, 6.07) is 23.8. The Morgan fingerprint density at radius 1 is 0.966 bits per heavy atom. The predicted molar refractivity (Wildman–Crippen MR) is 112 cm³/mol. The Balaban J connectivity index is 1.33. The molecule has 144 valence electrons. The van der Waals surface area contributed by atoms with Crippen molar-refractivity contribution in [2.45, 2.75) is 11.8 Å². The molecule has 29 heavy (non-hydrogen) atoms. The molecule has 5 rings (SSSR count). The lowest BCUT2D eigenvalue weighted by Crippen LogP contribution is -2.50. The number of amides is 1. The molecule has 0 radical (unpaired) electrons. The topological polar surface area (TPSA) is 59.2 Å². The highest BCUT2D eigenvalue weighted by molar-refractivity contribution is 7.13. The van der Waals surface area contributed by atoms with Crippen LogP contribution in [0.3, 0.4) is 0 Å². The van der Waals surface area contributed by atoms with E-state index >= 15 is 0 Å². The molecule has 1 amide bonds. The van der Waals surface area contributed by atoms with E-state index in [1.807, 2.05) is 83.1 Å². The average Bonchev–Trinajstić information content (AvgIpc) is 3.41. The summed E-state index contributed by atoms with van der Waals surface area (Å²) in [5.74, 6) is 1.12. The van der Waals surface area contributed by atoms with Crippen molar-refractivity contribution in [1.29, 1.82) is 0 Å². The third-order valence-corrected chi connectivity index (χ3v) is 6.10. The van der Waals surface area contributed by atoms with Crippen LogP contribution in [0.15, 0.2) is 82.7 Å². The van der Waals surface area contributed by atoms with Crippen LogP contribution in [0.1, 0.15) is 28.9 Å². The van der Waals surface area contributed by atoms with E-state index in [0.29, 0.717) is 24.8 Å². The zero-order chi connectivity index (χ0) is 19.6. The van der Waals surface area contributed by atoms with Crippen LogP contribution < -0.4 is 0 Å². The molecular formula is C23H19N3O2S. The van der Waals surface area contributed by atoms with Gasteiger partial charge < -0.3 is 9.42 Å². The molecule has 0 atom stereocenters. The van der Waals surface area contributed by atoms with Gasteiger partial charge in [-0.15, -0.1) is 11.3 Å². The lowest BCUT2D eigenvalue weighted by molar-refractivity contribution is -0.136. The van der Waals surface area contributed by atoms with Crippen molar-refractivity contribution in [1.82, 2.24) is 15.0 Å². The van der Waals surface area contributed by atoms with Crippen molar-refractivity contribution >= 4 is 17.2 Å². The van der Waals surface area contributed by atoms with Crippen molar-refractivity contribution in [3.05, 3.63) is 95.2 Å². The van der Waals surface area contributed by atoms with Crippen LogP contribution in [0.25, 0.3) is 10.7 Å². The molecule has 1 saturated heterocycles. The molecule has 0 N–H and O–H groups in total. The minimum atomic E-state index is -0.303. The van der Waals surface area contributed by atoms with Crippen molar-refractivity contribution in [3.8, 4) is 10.7 Å². The maximum atomic E-state index is 13.4. The molecule has 5 nitrogen and oxygen atoms in total. The van der Waals surface area contributed by atoms with Crippen LogP contribution in [0.4, 0.5) is 0 Å². The summed E-state index contributed by atoms with van der Waals surface area (Å²) >= 11 is 1.58. The van der Waals surface area contributed by atoms with Gasteiger partial charge in [0.15, 0.2) is 0 Å². The minimum absolute atomic E-state index is 0.0901. The van der Waals surface area contributed by atoms with Gasteiger partial charge in [-0.1, -0.05) is 71.9 Å². The van der Waals surface area contributed by atoms with E-state index in [1.54, 1.807) is 11.3 Å². The molecule has 3 heterocycles. The van der Waals surface area contributed by atoms with Gasteiger partial charge in [0.25, 0.3) is 0 Å². The first-order valence-electron chi connectivity index (χ1n) is 9.56. The van der Waals surface area contributed by atoms with Crippen molar-refractivity contribution in [2.24, 2.45) is 0 Å². The van der Waals surface area contributed by atoms with Gasteiger partial charge in [0.05, 0.1) is 16.7 Å². The lowest BCUT2D eigenvalue weighted by Gasteiger charge is -2.39. The van der Waals surface area contributed by atoms with Crippen LogP contribution in [-0.2, 0) is 4.79 Å². The van der Waals surface area contributed by atoms with Crippen LogP contribution in [-0.4, -0.2) is 34.0 Å². The van der Waals surface area contributed by atoms with Crippen LogP contribution >= 0.6 is 11.3 Å². The average molecular weight is 401 g/mol. The van der Waals surface area contributed by atoms with Gasteiger partial charge in [-0.05, 0) is 22.6 Å². The fourth-order valence-electron chi connectivity index (χ4n) is 3.67. The van der Waals surface area contributed by atoms with Gasteiger partial charge >= 0.3 is 0 Å². The molecular weight excluding hydrogens is 382 g/mol. The summed E-state index contributed by atoms with van der Waals surface area (Å²) in [5, 5.41) is 6.07. The molecule has 0 unspecified atom stereocenters. The van der Waals surface area contributed by atoms with Crippen molar-refractivity contribution in [2.75, 3.05) is 13.1 Å². The number of rotatable bonds is 5. The number of thiophene rings is 1. The standard InChI is InChI=1S/C23H19N3O2S/c27-23(20(16-8-3-1-4-9-16)17-10-5-2-6-11-17)26-14-18(15-26)22-24-21(25-28-22)19-12-7-13-29-19/h1-13,18,20H,14-15H2. The molecule has 0 spiro atoms. The predicted octanol–water partition coefficient (Wildman–Crippen LogP) is 4.56. The minimum Gasteiger partial charge on any atom is -0.340 e. The van der Waals surface area contributed by atoms with Crippen LogP contribution in [0, 0.1) is 0 Å². The molecule has 4 aromatic rings. The summed E-state index contributed by atoms with van der Waals surface area (Å²) in [7, 11) is 0. The summed E-state index contributed by atoms with van der Waals surface area (Å²) in [4.78, 5) is 20.7. The normalized spacial score (nSPS) is 14.2. The van der Waals surface area contributed by atoms with E-state index in [1.165, 1.54) is 0 Å². The monoisotopic (exact) mass is 401 g/mol. The Morgan fingerprint density at radius 2 is 1.62 bits per heavy atom. The first kappa shape index (κ1) is 17.8. The Hall–Kier alpha value is -3.25. The maximum absolute atomic E-state index is 13.4. The van der Waals surface area contributed by atoms with Gasteiger partial charge in [-0.3, -0.25) is 4.79 Å². The first-order valence-corrected chi connectivity index (χ1v) is 10.4. The summed E-state index contributed by atoms with van der Waals surface area (Å²) in [6.07, 6.45) is 0. The number of hydrogen-bond acceptors (Lipinski definition) is 5. The quantitative estimate of drug-likeness (QED) is 0.492. The Kier molecular flexibility index (Phi) is 4.69. The number of carbonyl (C=O) groups is 1. The highest BCUT2D eigenvalue weighted by Gasteiger charge is 2.39. The van der Waals surface area contributed by atoms with Gasteiger partial charge in [-0.25, -0.2) is 0 Å². The second-order valence-corrected chi connectivity index (χ2v) is 8.08. The molecule has 2 aromatic carbocycles. The summed E-state index contributed by atoms with van der Waals surface area (Å²) in [6.45, 7) is 1.20. The number of nitrogens with zero attached hydrogens (tertiary/aromatic N) is 3. The Labute approximate surface area is 172 Å². The maximum Gasteiger partial charge on any atom is 0.234 e. The third kappa shape index (κ3) is 3.47. The van der Waals surface area contributed by atoms with Crippen molar-refractivity contribution < 1.29 is 9.32 Å². The van der Waals surface area contributed by atoms with E-state index in [-0.39, 0.29) is 17.7 Å². The molecule has 1 aliphatic heterocycles. The Bertz CT molecular complexity index is 1050. The number of benzene rings is 2. The smallest absolute Gasteiger partial charge is 0.234 e. The van der Waals surface area contributed by atoms with Gasteiger partial charge in [0.2, 0.25) is 17.6 Å². The molecule has 2 aromatic heterocycles. The zero-order valence-electron chi connectivity index (χ0n) is 15.6. The highest BCUT2D eigenvalue weighted by Crippen LogP contribution is 2.33. The number of aromatic nitrogens is 2. The Morgan fingerprint density at radius 3 is 2.21 bits per heavy atom. The zero-order valence-corrected chi connectivity index (χ0v) is 16.5. The SMILES string of the molecule is O=C(C(c1ccccc1)c1ccccc1)N1CC(c2nc(-c3cccs3)no2)C1. The lowest BCUT2D eigenvalue weighted by atomic mass is 9.88. The molecule has 0 saturated carbocycles. The highest BCUT2D eigenvalue weighted by atomic mass is 32.1. The number of carbonyl (C=O) groups excluding carboxylic acids is 1. The van der Waals surface area contributed by atoms with E-state index in [4.69, 9.17) is 4.52 Å². The van der Waals surface area contributed by atoms with Crippen LogP contribution in [0.2, 0.25) is 0 Å². The molecule has 0 aliphatic carbocycles. The van der Waals surface area contributed by atoms with Crippen LogP contribution in [0.5, 0.6) is 0 Å². The van der Waals surface area contributed by atoms with E-state index in [2.05, 4.69) is 10.1 Å². The number of likely N-dealkylation sites (tertiary alicyclic amines) is 1. The van der Waals surface area contributed by atoms with E-state index < -0.39 is 0 Å². The summed E-state index contributed by atoms with van der Waals surface area (Å²) in [5.41, 5.74) is 2.01. The van der Waals surface area contributed by atoms with Gasteiger partial charge in [0.1, 0.15) is 0 Å². The second kappa shape index (κ2) is 7.64. The third-order valence-electron chi connectivity index (χ3n) is 5.24. The van der Waals surface area contributed by atoms with E-state index in [9.17, 15) is 4.79 Å². The van der Waals surface area contributed by atoms with E-state index in [0.717, 1.165) is 16.0 Å². The molecule has 1 aliphatic rings. The van der Waals surface area contributed by atoms with Crippen molar-refractivity contribution in [3.63, 3.8) is 0 Å². The molecule has 6 heteroatoms. The molecule has 0 bridgehead atoms. The van der Waals surface area contributed by atoms with Gasteiger partial charge in [-0.2, -0.15) is 4.98 Å². The van der Waals surface area contributed by atoms with Gasteiger partial charge in [0, 0.05) is 13.1 Å².